The number of alkyl halides is 3. The van der Waals surface area contributed by atoms with Crippen molar-refractivity contribution in [3.8, 4) is 0 Å². The molecule has 0 saturated carbocycles. The van der Waals surface area contributed by atoms with Gasteiger partial charge in [0.15, 0.2) is 0 Å². The first-order valence-electron chi connectivity index (χ1n) is 3.53. The zero-order valence-corrected chi connectivity index (χ0v) is 7.17. The van der Waals surface area contributed by atoms with Crippen molar-refractivity contribution in [3.05, 3.63) is 34.5 Å². The number of rotatable bonds is 0. The summed E-state index contributed by atoms with van der Waals surface area (Å²) in [6.45, 7) is 0. The highest BCUT2D eigenvalue weighted by molar-refractivity contribution is 7.08. The van der Waals surface area contributed by atoms with Gasteiger partial charge in [0, 0.05) is 5.39 Å². The SMILES string of the molecule is FC(F)(F)c1ccc2cs[c]c2c1. The third kappa shape index (κ3) is 1.54. The van der Waals surface area contributed by atoms with Crippen LogP contribution in [0.1, 0.15) is 5.56 Å². The van der Waals surface area contributed by atoms with Crippen LogP contribution >= 0.6 is 11.3 Å². The molecule has 0 N–H and O–H groups in total. The fourth-order valence-electron chi connectivity index (χ4n) is 1.08. The second-order valence-corrected chi connectivity index (χ2v) is 3.31. The molecule has 0 nitrogen and oxygen atoms in total. The number of benzene rings is 1. The van der Waals surface area contributed by atoms with E-state index in [1.807, 2.05) is 0 Å². The van der Waals surface area contributed by atoms with Crippen molar-refractivity contribution in [1.29, 1.82) is 0 Å². The summed E-state index contributed by atoms with van der Waals surface area (Å²) in [4.78, 5) is 0. The minimum Gasteiger partial charge on any atom is -0.166 e. The maximum atomic E-state index is 12.2. The molecular weight excluding hydrogens is 197 g/mol. The molecule has 0 aliphatic carbocycles. The van der Waals surface area contributed by atoms with Gasteiger partial charge in [0.1, 0.15) is 0 Å². The molecule has 1 radical (unpaired) electrons. The van der Waals surface area contributed by atoms with Crippen LogP contribution in [0.25, 0.3) is 10.8 Å². The fraction of sp³-hybridized carbons (Fsp3) is 0.111. The quantitative estimate of drug-likeness (QED) is 0.609. The molecule has 2 aromatic rings. The Hall–Kier alpha value is -1.03. The number of fused-ring (bicyclic) bond motifs is 1. The average molecular weight is 201 g/mol. The fourth-order valence-corrected chi connectivity index (χ4v) is 1.78. The summed E-state index contributed by atoms with van der Waals surface area (Å²) >= 11 is 1.28. The van der Waals surface area contributed by atoms with E-state index in [2.05, 4.69) is 5.38 Å². The Bertz CT molecular complexity index is 428. The molecule has 0 saturated heterocycles. The molecule has 2 rings (SSSR count). The Morgan fingerprint density at radius 3 is 2.69 bits per heavy atom. The van der Waals surface area contributed by atoms with Crippen molar-refractivity contribution in [2.24, 2.45) is 0 Å². The predicted molar refractivity (Wildman–Crippen MR) is 45.7 cm³/mol. The molecule has 13 heavy (non-hydrogen) atoms. The standard InChI is InChI=1S/C9H4F3S/c10-9(11,12)8-2-1-6-4-13-5-7(6)3-8/h1-4H. The van der Waals surface area contributed by atoms with E-state index in [1.54, 1.807) is 5.38 Å². The smallest absolute Gasteiger partial charge is 0.166 e. The van der Waals surface area contributed by atoms with Crippen molar-refractivity contribution in [2.75, 3.05) is 0 Å². The van der Waals surface area contributed by atoms with E-state index < -0.39 is 11.7 Å². The van der Waals surface area contributed by atoms with Crippen molar-refractivity contribution in [1.82, 2.24) is 0 Å². The highest BCUT2D eigenvalue weighted by Crippen LogP contribution is 2.31. The zero-order chi connectivity index (χ0) is 9.47. The maximum absolute atomic E-state index is 12.2. The monoisotopic (exact) mass is 201 g/mol. The van der Waals surface area contributed by atoms with Crippen LogP contribution in [-0.2, 0) is 6.18 Å². The summed E-state index contributed by atoms with van der Waals surface area (Å²) in [7, 11) is 0. The minimum absolute atomic E-state index is 0.528. The molecule has 0 amide bonds. The van der Waals surface area contributed by atoms with E-state index in [0.717, 1.165) is 17.5 Å². The van der Waals surface area contributed by atoms with E-state index in [0.29, 0.717) is 5.39 Å². The highest BCUT2D eigenvalue weighted by Gasteiger charge is 2.30. The van der Waals surface area contributed by atoms with Gasteiger partial charge in [0.05, 0.1) is 10.9 Å². The Balaban J connectivity index is 2.61. The molecule has 0 bridgehead atoms. The molecule has 67 valence electrons. The number of thiophene rings is 1. The molecule has 0 spiro atoms. The van der Waals surface area contributed by atoms with E-state index in [9.17, 15) is 13.2 Å². The number of hydrogen-bond donors (Lipinski definition) is 0. The molecule has 1 aromatic carbocycles. The predicted octanol–water partition coefficient (Wildman–Crippen LogP) is 3.72. The van der Waals surface area contributed by atoms with Crippen molar-refractivity contribution in [3.63, 3.8) is 0 Å². The van der Waals surface area contributed by atoms with Crippen molar-refractivity contribution in [2.45, 2.75) is 6.18 Å². The topological polar surface area (TPSA) is 0 Å². The lowest BCUT2D eigenvalue weighted by molar-refractivity contribution is -0.137. The van der Waals surface area contributed by atoms with E-state index >= 15 is 0 Å². The third-order valence-corrected chi connectivity index (χ3v) is 2.44. The number of halogens is 3. The first kappa shape index (κ1) is 8.56. The lowest BCUT2D eigenvalue weighted by Crippen LogP contribution is -2.03. The van der Waals surface area contributed by atoms with Crippen LogP contribution in [0.4, 0.5) is 13.2 Å². The van der Waals surface area contributed by atoms with Crippen LogP contribution in [0.15, 0.2) is 23.6 Å². The Morgan fingerprint density at radius 2 is 2.00 bits per heavy atom. The molecular formula is C9H4F3S. The normalized spacial score (nSPS) is 12.2. The van der Waals surface area contributed by atoms with Gasteiger partial charge in [-0.1, -0.05) is 6.07 Å². The molecule has 0 fully saturated rings. The van der Waals surface area contributed by atoms with E-state index in [4.69, 9.17) is 0 Å². The molecule has 1 heterocycles. The Morgan fingerprint density at radius 1 is 1.23 bits per heavy atom. The summed E-state index contributed by atoms with van der Waals surface area (Å²) < 4.78 is 36.6. The van der Waals surface area contributed by atoms with Gasteiger partial charge >= 0.3 is 6.18 Å². The zero-order valence-electron chi connectivity index (χ0n) is 6.35. The van der Waals surface area contributed by atoms with E-state index in [-0.39, 0.29) is 0 Å². The van der Waals surface area contributed by atoms with Gasteiger partial charge in [-0.05, 0) is 22.9 Å². The first-order chi connectivity index (χ1) is 6.07. The summed E-state index contributed by atoms with van der Waals surface area (Å²) in [5.74, 6) is 0. The minimum atomic E-state index is -4.26. The van der Waals surface area contributed by atoms with Crippen LogP contribution in [0, 0.1) is 5.38 Å². The lowest BCUT2D eigenvalue weighted by Gasteiger charge is -2.05. The summed E-state index contributed by atoms with van der Waals surface area (Å²) in [5.41, 5.74) is -0.616. The van der Waals surface area contributed by atoms with Gasteiger partial charge < -0.3 is 0 Å². The van der Waals surface area contributed by atoms with Gasteiger partial charge in [-0.25, -0.2) is 0 Å². The largest absolute Gasteiger partial charge is 0.416 e. The third-order valence-electron chi connectivity index (χ3n) is 1.74. The van der Waals surface area contributed by atoms with Gasteiger partial charge in [-0.2, -0.15) is 13.2 Å². The number of hydrogen-bond acceptors (Lipinski definition) is 1. The second kappa shape index (κ2) is 2.73. The molecule has 1 aromatic heterocycles. The second-order valence-electron chi connectivity index (χ2n) is 2.64. The first-order valence-corrected chi connectivity index (χ1v) is 4.41. The molecule has 0 atom stereocenters. The molecule has 0 aliphatic rings. The Labute approximate surface area is 76.6 Å². The van der Waals surface area contributed by atoms with Gasteiger partial charge in [0.25, 0.3) is 0 Å². The lowest BCUT2D eigenvalue weighted by atomic mass is 10.1. The van der Waals surface area contributed by atoms with Crippen LogP contribution < -0.4 is 0 Å². The molecule has 0 aliphatic heterocycles. The average Bonchev–Trinajstić information content (AvgIpc) is 2.47. The van der Waals surface area contributed by atoms with Crippen molar-refractivity contribution >= 4 is 22.1 Å². The van der Waals surface area contributed by atoms with E-state index in [1.165, 1.54) is 17.4 Å². The summed E-state index contributed by atoms with van der Waals surface area (Å²) in [6.07, 6.45) is -4.26. The van der Waals surface area contributed by atoms with Crippen LogP contribution in [0.5, 0.6) is 0 Å². The van der Waals surface area contributed by atoms with Crippen molar-refractivity contribution < 1.29 is 13.2 Å². The van der Waals surface area contributed by atoms with Crippen LogP contribution in [-0.4, -0.2) is 0 Å². The van der Waals surface area contributed by atoms with Gasteiger partial charge in [-0.3, -0.25) is 0 Å². The maximum Gasteiger partial charge on any atom is 0.416 e. The van der Waals surface area contributed by atoms with Crippen LogP contribution in [0.2, 0.25) is 0 Å². The molecule has 4 heteroatoms. The summed E-state index contributed by atoms with van der Waals surface area (Å²) in [6, 6.07) is 3.67. The van der Waals surface area contributed by atoms with Crippen LogP contribution in [0.3, 0.4) is 0 Å². The highest BCUT2D eigenvalue weighted by atomic mass is 32.1. The molecule has 0 unspecified atom stereocenters. The summed E-state index contributed by atoms with van der Waals surface area (Å²) in [5, 5.41) is 5.88. The van der Waals surface area contributed by atoms with Gasteiger partial charge in [0.2, 0.25) is 0 Å². The van der Waals surface area contributed by atoms with Gasteiger partial charge in [-0.15, -0.1) is 11.3 Å². The Kier molecular flexibility index (Phi) is 1.80.